The van der Waals surface area contributed by atoms with E-state index in [9.17, 15) is 0 Å². The van der Waals surface area contributed by atoms with Crippen molar-refractivity contribution >= 4 is 0 Å². The molecule has 0 amide bonds. The lowest BCUT2D eigenvalue weighted by Gasteiger charge is -2.14. The molecule has 0 spiro atoms. The van der Waals surface area contributed by atoms with Gasteiger partial charge < -0.3 is 16.0 Å². The molecule has 0 fully saturated rings. The van der Waals surface area contributed by atoms with Gasteiger partial charge in [-0.25, -0.2) is 0 Å². The summed E-state index contributed by atoms with van der Waals surface area (Å²) in [6.45, 7) is 1.99. The first-order valence-corrected chi connectivity index (χ1v) is 2.27. The maximum Gasteiger partial charge on any atom is 0.103 e. The van der Waals surface area contributed by atoms with Crippen LogP contribution in [0.15, 0.2) is 11.9 Å². The predicted molar refractivity (Wildman–Crippen MR) is 27.1 cm³/mol. The number of quaternary nitrogens is 1. The number of rotatable bonds is 0. The molecule has 3 heteroatoms. The number of allylic oxidation sites excluding steroid dienone is 1. The third kappa shape index (κ3) is 0.913. The Morgan fingerprint density at radius 1 is 1.86 bits per heavy atom. The van der Waals surface area contributed by atoms with Gasteiger partial charge in [-0.2, -0.15) is 0 Å². The SMILES string of the molecule is CC1=C[NH+](C)[N-]N1. The van der Waals surface area contributed by atoms with Crippen LogP contribution in [0.2, 0.25) is 0 Å². The molecule has 1 atom stereocenters. The maximum absolute atomic E-state index is 3.89. The van der Waals surface area contributed by atoms with Crippen molar-refractivity contribution in [3.05, 3.63) is 17.4 Å². The molecule has 1 rings (SSSR count). The first kappa shape index (κ1) is 4.61. The van der Waals surface area contributed by atoms with Gasteiger partial charge >= 0.3 is 0 Å². The molecule has 1 heterocycles. The first-order valence-electron chi connectivity index (χ1n) is 2.27. The molecule has 7 heavy (non-hydrogen) atoms. The summed E-state index contributed by atoms with van der Waals surface area (Å²) in [5.41, 5.74) is 7.83. The summed E-state index contributed by atoms with van der Waals surface area (Å²) < 4.78 is 0. The molecule has 40 valence electrons. The number of hydrogen-bond donors (Lipinski definition) is 2. The molecule has 0 aromatic rings. The summed E-state index contributed by atoms with van der Waals surface area (Å²) in [5, 5.41) is 1.05. The minimum Gasteiger partial charge on any atom is -0.438 e. The Morgan fingerprint density at radius 3 is 2.71 bits per heavy atom. The molecular formula is C4H9N3. The van der Waals surface area contributed by atoms with Crippen LogP contribution < -0.4 is 10.4 Å². The van der Waals surface area contributed by atoms with Crippen molar-refractivity contribution in [2.75, 3.05) is 7.05 Å². The van der Waals surface area contributed by atoms with Gasteiger partial charge in [0.2, 0.25) is 0 Å². The highest BCUT2D eigenvalue weighted by molar-refractivity contribution is 4.95. The lowest BCUT2D eigenvalue weighted by Crippen LogP contribution is -2.98. The van der Waals surface area contributed by atoms with Crippen LogP contribution in [0.4, 0.5) is 0 Å². The quantitative estimate of drug-likeness (QED) is 0.408. The van der Waals surface area contributed by atoms with Gasteiger partial charge in [-0.15, -0.1) is 0 Å². The smallest absolute Gasteiger partial charge is 0.103 e. The molecule has 0 radical (unpaired) electrons. The molecule has 0 saturated carbocycles. The molecule has 0 bridgehead atoms. The van der Waals surface area contributed by atoms with E-state index in [2.05, 4.69) is 11.0 Å². The Balaban J connectivity index is 2.50. The van der Waals surface area contributed by atoms with Crippen LogP contribution in [0.3, 0.4) is 0 Å². The van der Waals surface area contributed by atoms with Gasteiger partial charge in [0, 0.05) is 5.70 Å². The zero-order chi connectivity index (χ0) is 5.28. The van der Waals surface area contributed by atoms with Gasteiger partial charge in [0.05, 0.1) is 7.05 Å². The van der Waals surface area contributed by atoms with Crippen molar-refractivity contribution in [1.29, 1.82) is 0 Å². The molecule has 2 N–H and O–H groups in total. The van der Waals surface area contributed by atoms with Crippen molar-refractivity contribution in [3.63, 3.8) is 0 Å². The van der Waals surface area contributed by atoms with E-state index in [-0.39, 0.29) is 0 Å². The van der Waals surface area contributed by atoms with E-state index in [1.54, 1.807) is 0 Å². The standard InChI is InChI=1S/C4H9N3/c1-4-3-7(2)6-5-4/h3,5,7H,1-2H3. The van der Waals surface area contributed by atoms with E-state index in [1.807, 2.05) is 20.2 Å². The van der Waals surface area contributed by atoms with Crippen LogP contribution in [0, 0.1) is 0 Å². The van der Waals surface area contributed by atoms with Crippen molar-refractivity contribution in [3.8, 4) is 0 Å². The Bertz CT molecular complexity index is 97.1. The summed E-state index contributed by atoms with van der Waals surface area (Å²) in [4.78, 5) is 0. The largest absolute Gasteiger partial charge is 0.438 e. The Morgan fingerprint density at radius 2 is 2.57 bits per heavy atom. The minimum absolute atomic E-state index is 1.05. The van der Waals surface area contributed by atoms with Crippen molar-refractivity contribution in [2.24, 2.45) is 0 Å². The lowest BCUT2D eigenvalue weighted by atomic mass is 10.6. The maximum atomic E-state index is 3.89. The molecule has 1 aliphatic heterocycles. The number of nitrogens with zero attached hydrogens (tertiary/aromatic N) is 1. The Labute approximate surface area is 42.9 Å². The predicted octanol–water partition coefficient (Wildman–Crippen LogP) is -0.831. The zero-order valence-corrected chi connectivity index (χ0v) is 4.52. The molecule has 1 unspecified atom stereocenters. The fourth-order valence-corrected chi connectivity index (χ4v) is 0.554. The fraction of sp³-hybridized carbons (Fsp3) is 0.500. The summed E-state index contributed by atoms with van der Waals surface area (Å²) in [5.74, 6) is 0. The highest BCUT2D eigenvalue weighted by Gasteiger charge is 1.93. The zero-order valence-electron chi connectivity index (χ0n) is 4.52. The second kappa shape index (κ2) is 1.52. The fourth-order valence-electron chi connectivity index (χ4n) is 0.554. The Kier molecular flexibility index (Phi) is 1.00. The van der Waals surface area contributed by atoms with E-state index in [0.717, 1.165) is 10.7 Å². The van der Waals surface area contributed by atoms with Gasteiger partial charge in [0.15, 0.2) is 0 Å². The average Bonchev–Trinajstić information content (AvgIpc) is 1.87. The van der Waals surface area contributed by atoms with Crippen LogP contribution in [0.5, 0.6) is 0 Å². The van der Waals surface area contributed by atoms with Crippen LogP contribution in [-0.4, -0.2) is 7.05 Å². The molecule has 3 nitrogen and oxygen atoms in total. The summed E-state index contributed by atoms with van der Waals surface area (Å²) in [7, 11) is 1.96. The lowest BCUT2D eigenvalue weighted by molar-refractivity contribution is -0.780. The normalized spacial score (nSPS) is 29.4. The van der Waals surface area contributed by atoms with Crippen LogP contribution in [0.1, 0.15) is 6.92 Å². The van der Waals surface area contributed by atoms with Gasteiger partial charge in [0.1, 0.15) is 6.20 Å². The second-order valence-electron chi connectivity index (χ2n) is 1.69. The Hall–Kier alpha value is -0.540. The molecule has 0 aromatic heterocycles. The van der Waals surface area contributed by atoms with E-state index in [1.165, 1.54) is 0 Å². The van der Waals surface area contributed by atoms with E-state index in [0.29, 0.717) is 0 Å². The van der Waals surface area contributed by atoms with E-state index >= 15 is 0 Å². The summed E-state index contributed by atoms with van der Waals surface area (Å²) in [6.07, 6.45) is 2.00. The first-order chi connectivity index (χ1) is 3.29. The topological polar surface area (TPSA) is 30.6 Å². The van der Waals surface area contributed by atoms with Crippen LogP contribution in [0.25, 0.3) is 5.53 Å². The molecule has 0 aromatic carbocycles. The second-order valence-corrected chi connectivity index (χ2v) is 1.69. The molecule has 0 saturated heterocycles. The summed E-state index contributed by atoms with van der Waals surface area (Å²) in [6, 6.07) is 0. The molecular weight excluding hydrogens is 90.1 g/mol. The van der Waals surface area contributed by atoms with Crippen molar-refractivity contribution < 1.29 is 5.01 Å². The average molecular weight is 99.1 g/mol. The van der Waals surface area contributed by atoms with Crippen LogP contribution >= 0.6 is 0 Å². The summed E-state index contributed by atoms with van der Waals surface area (Å²) >= 11 is 0. The number of nitrogens with one attached hydrogen (secondary N) is 2. The third-order valence-corrected chi connectivity index (χ3v) is 0.834. The van der Waals surface area contributed by atoms with Gasteiger partial charge in [-0.1, -0.05) is 0 Å². The minimum atomic E-state index is 1.05. The van der Waals surface area contributed by atoms with Gasteiger partial charge in [-0.05, 0) is 6.92 Å². The van der Waals surface area contributed by atoms with E-state index < -0.39 is 0 Å². The monoisotopic (exact) mass is 99.1 g/mol. The van der Waals surface area contributed by atoms with Crippen molar-refractivity contribution in [2.45, 2.75) is 6.92 Å². The van der Waals surface area contributed by atoms with Crippen molar-refractivity contribution in [1.82, 2.24) is 5.43 Å². The van der Waals surface area contributed by atoms with E-state index in [4.69, 9.17) is 0 Å². The highest BCUT2D eigenvalue weighted by Crippen LogP contribution is 1.86. The third-order valence-electron chi connectivity index (χ3n) is 0.834. The molecule has 1 aliphatic rings. The number of hydrogen-bond acceptors (Lipinski definition) is 1. The van der Waals surface area contributed by atoms with Gasteiger partial charge in [0.25, 0.3) is 0 Å². The molecule has 0 aliphatic carbocycles. The van der Waals surface area contributed by atoms with Crippen LogP contribution in [-0.2, 0) is 0 Å². The highest BCUT2D eigenvalue weighted by atomic mass is 15.7. The van der Waals surface area contributed by atoms with Gasteiger partial charge in [-0.3, -0.25) is 0 Å².